The lowest BCUT2D eigenvalue weighted by Crippen LogP contribution is -2.00. The van der Waals surface area contributed by atoms with Gasteiger partial charge in [-0.1, -0.05) is 115 Å². The third kappa shape index (κ3) is 5.15. The van der Waals surface area contributed by atoms with Gasteiger partial charge in [0.25, 0.3) is 0 Å². The molecule has 4 aromatic heterocycles. The first-order chi connectivity index (χ1) is 28.2. The summed E-state index contributed by atoms with van der Waals surface area (Å²) in [6, 6.07) is 64.8. The Hall–Kier alpha value is -6.99. The lowest BCUT2D eigenvalue weighted by atomic mass is 9.97. The molecule has 8 aromatic carbocycles. The minimum Gasteiger partial charge on any atom is -0.309 e. The van der Waals surface area contributed by atoms with Crippen molar-refractivity contribution in [3.63, 3.8) is 0 Å². The number of benzene rings is 8. The molecule has 4 heterocycles. The maximum Gasteiger partial charge on any atom is 0.165 e. The first kappa shape index (κ1) is 32.3. The highest BCUT2D eigenvalue weighted by atomic mass is 32.1. The second kappa shape index (κ2) is 12.8. The molecule has 12 rings (SSSR count). The van der Waals surface area contributed by atoms with Gasteiger partial charge in [-0.05, 0) is 77.9 Å². The van der Waals surface area contributed by atoms with E-state index in [4.69, 9.17) is 15.0 Å². The zero-order valence-corrected chi connectivity index (χ0v) is 32.1. The Kier molecular flexibility index (Phi) is 7.24. The number of hydrogen-bond acceptors (Lipinski definition) is 5. The van der Waals surface area contributed by atoms with Gasteiger partial charge >= 0.3 is 0 Å². The minimum absolute atomic E-state index is 0.646. The fourth-order valence-corrected chi connectivity index (χ4v) is 10.8. The van der Waals surface area contributed by atoms with Crippen LogP contribution in [0, 0.1) is 0 Å². The molecule has 0 fully saturated rings. The SMILES string of the molecule is c1ccc(-c2nc(-c3ccc4c(c3)c3ccccc3n4-c3ccccc3)nc(-c3cccc4c3sc3cccc(-c5ccc6sc7ccccc7c6c5)c34)n2)cc1. The Morgan fingerprint density at radius 2 is 0.965 bits per heavy atom. The molecule has 12 aromatic rings. The van der Waals surface area contributed by atoms with Gasteiger partial charge in [0.1, 0.15) is 0 Å². The summed E-state index contributed by atoms with van der Waals surface area (Å²) in [4.78, 5) is 15.6. The maximum absolute atomic E-state index is 5.29. The van der Waals surface area contributed by atoms with Crippen molar-refractivity contribution in [2.75, 3.05) is 0 Å². The molecule has 266 valence electrons. The number of nitrogens with zero attached hydrogens (tertiary/aromatic N) is 4. The second-order valence-corrected chi connectivity index (χ2v) is 16.5. The Bertz CT molecular complexity index is 3530. The molecule has 4 nitrogen and oxygen atoms in total. The summed E-state index contributed by atoms with van der Waals surface area (Å²) in [5.41, 5.74) is 8.79. The molecule has 0 radical (unpaired) electrons. The van der Waals surface area contributed by atoms with Crippen LogP contribution in [-0.2, 0) is 0 Å². The van der Waals surface area contributed by atoms with E-state index in [1.54, 1.807) is 11.3 Å². The second-order valence-electron chi connectivity index (χ2n) is 14.4. The first-order valence-corrected chi connectivity index (χ1v) is 20.7. The van der Waals surface area contributed by atoms with Gasteiger partial charge < -0.3 is 4.57 Å². The predicted molar refractivity (Wildman–Crippen MR) is 242 cm³/mol. The van der Waals surface area contributed by atoms with Crippen LogP contribution in [0.3, 0.4) is 0 Å². The average molecular weight is 763 g/mol. The molecule has 0 aliphatic heterocycles. The fourth-order valence-electron chi connectivity index (χ4n) is 8.47. The third-order valence-electron chi connectivity index (χ3n) is 11.1. The van der Waals surface area contributed by atoms with Gasteiger partial charge in [-0.25, -0.2) is 15.0 Å². The minimum atomic E-state index is 0.646. The van der Waals surface area contributed by atoms with Crippen LogP contribution in [0.5, 0.6) is 0 Å². The molecule has 0 saturated heterocycles. The first-order valence-electron chi connectivity index (χ1n) is 19.0. The van der Waals surface area contributed by atoms with E-state index in [0.717, 1.165) is 38.8 Å². The van der Waals surface area contributed by atoms with Crippen molar-refractivity contribution >= 4 is 84.8 Å². The summed E-state index contributed by atoms with van der Waals surface area (Å²) in [6.07, 6.45) is 0. The van der Waals surface area contributed by atoms with Crippen LogP contribution in [-0.4, -0.2) is 19.5 Å². The quantitative estimate of drug-likeness (QED) is 0.175. The zero-order valence-electron chi connectivity index (χ0n) is 30.4. The van der Waals surface area contributed by atoms with E-state index in [1.807, 2.05) is 29.5 Å². The molecule has 0 unspecified atom stereocenters. The molecule has 0 amide bonds. The van der Waals surface area contributed by atoms with Gasteiger partial charge in [-0.2, -0.15) is 0 Å². The van der Waals surface area contributed by atoms with Crippen LogP contribution in [0.25, 0.3) is 113 Å². The molecule has 0 atom stereocenters. The molecule has 0 saturated carbocycles. The number of para-hydroxylation sites is 2. The monoisotopic (exact) mass is 762 g/mol. The molecular weight excluding hydrogens is 733 g/mol. The van der Waals surface area contributed by atoms with E-state index in [2.05, 4.69) is 168 Å². The van der Waals surface area contributed by atoms with Gasteiger partial charge in [0.05, 0.1) is 11.0 Å². The van der Waals surface area contributed by atoms with Crippen LogP contribution < -0.4 is 0 Å². The molecular formula is C51H30N4S2. The van der Waals surface area contributed by atoms with Gasteiger partial charge in [0.15, 0.2) is 17.5 Å². The number of hydrogen-bond donors (Lipinski definition) is 0. The fraction of sp³-hybridized carbons (Fsp3) is 0. The van der Waals surface area contributed by atoms with Crippen molar-refractivity contribution in [1.82, 2.24) is 19.5 Å². The molecule has 0 aliphatic carbocycles. The summed E-state index contributed by atoms with van der Waals surface area (Å²) < 4.78 is 7.37. The topological polar surface area (TPSA) is 43.6 Å². The molecule has 0 aliphatic rings. The predicted octanol–water partition coefficient (Wildman–Crippen LogP) is 14.4. The summed E-state index contributed by atoms with van der Waals surface area (Å²) in [5, 5.41) is 7.42. The molecule has 0 N–H and O–H groups in total. The van der Waals surface area contributed by atoms with Crippen LogP contribution in [0.1, 0.15) is 0 Å². The summed E-state index contributed by atoms with van der Waals surface area (Å²) in [7, 11) is 0. The smallest absolute Gasteiger partial charge is 0.165 e. The van der Waals surface area contributed by atoms with Crippen molar-refractivity contribution in [1.29, 1.82) is 0 Å². The molecule has 0 bridgehead atoms. The lowest BCUT2D eigenvalue weighted by molar-refractivity contribution is 1.08. The Morgan fingerprint density at radius 3 is 1.84 bits per heavy atom. The standard InChI is InChI=1S/C51H30N4S2/c1-3-13-31(14-4-1)49-52-50(33-25-27-43-40(30-33)36-17-7-9-22-42(36)55(43)34-15-5-2-6-16-34)54-51(53-49)39-21-11-20-38-47-35(19-12-24-46(47)57-48(38)39)32-26-28-45-41(29-32)37-18-8-10-23-44(37)56-45/h1-30H. The van der Waals surface area contributed by atoms with E-state index < -0.39 is 0 Å². The van der Waals surface area contributed by atoms with Crippen LogP contribution in [0.15, 0.2) is 182 Å². The largest absolute Gasteiger partial charge is 0.309 e. The van der Waals surface area contributed by atoms with Gasteiger partial charge in [-0.15, -0.1) is 22.7 Å². The Morgan fingerprint density at radius 1 is 0.351 bits per heavy atom. The highest BCUT2D eigenvalue weighted by molar-refractivity contribution is 7.26. The zero-order chi connectivity index (χ0) is 37.5. The molecule has 0 spiro atoms. The van der Waals surface area contributed by atoms with Crippen LogP contribution in [0.4, 0.5) is 0 Å². The van der Waals surface area contributed by atoms with Crippen molar-refractivity contribution < 1.29 is 0 Å². The van der Waals surface area contributed by atoms with E-state index >= 15 is 0 Å². The van der Waals surface area contributed by atoms with Gasteiger partial charge in [0.2, 0.25) is 0 Å². The number of thiophene rings is 2. The van der Waals surface area contributed by atoms with E-state index in [9.17, 15) is 0 Å². The van der Waals surface area contributed by atoms with Crippen molar-refractivity contribution in [2.45, 2.75) is 0 Å². The van der Waals surface area contributed by atoms with Gasteiger partial charge in [-0.3, -0.25) is 0 Å². The molecule has 57 heavy (non-hydrogen) atoms. The summed E-state index contributed by atoms with van der Waals surface area (Å²) in [6.45, 7) is 0. The lowest BCUT2D eigenvalue weighted by Gasteiger charge is -2.10. The van der Waals surface area contributed by atoms with Crippen molar-refractivity contribution in [3.8, 4) is 51.0 Å². The highest BCUT2D eigenvalue weighted by Crippen LogP contribution is 2.45. The number of rotatable bonds is 5. The van der Waals surface area contributed by atoms with Crippen LogP contribution in [0.2, 0.25) is 0 Å². The van der Waals surface area contributed by atoms with E-state index in [-0.39, 0.29) is 0 Å². The Balaban J connectivity index is 1.05. The average Bonchev–Trinajstić information content (AvgIpc) is 3.96. The third-order valence-corrected chi connectivity index (χ3v) is 13.4. The van der Waals surface area contributed by atoms with Gasteiger partial charge in [0, 0.05) is 73.5 Å². The van der Waals surface area contributed by atoms with Crippen molar-refractivity contribution in [2.24, 2.45) is 0 Å². The maximum atomic E-state index is 5.29. The highest BCUT2D eigenvalue weighted by Gasteiger charge is 2.20. The van der Waals surface area contributed by atoms with Crippen LogP contribution >= 0.6 is 22.7 Å². The van der Waals surface area contributed by atoms with E-state index in [0.29, 0.717) is 17.5 Å². The van der Waals surface area contributed by atoms with Crippen molar-refractivity contribution in [3.05, 3.63) is 182 Å². The van der Waals surface area contributed by atoms with E-state index in [1.165, 1.54) is 56.9 Å². The Labute approximate surface area is 335 Å². The number of fused-ring (bicyclic) bond motifs is 9. The summed E-state index contributed by atoms with van der Waals surface area (Å²) >= 11 is 3.66. The normalized spacial score (nSPS) is 11.9. The number of aromatic nitrogens is 4. The summed E-state index contributed by atoms with van der Waals surface area (Å²) in [5.74, 6) is 1.96. The molecule has 6 heteroatoms.